The van der Waals surface area contributed by atoms with Crippen LogP contribution < -0.4 is 5.84 Å². The van der Waals surface area contributed by atoms with E-state index in [4.69, 9.17) is 10.7 Å². The van der Waals surface area contributed by atoms with Gasteiger partial charge in [-0.25, -0.2) is 0 Å². The summed E-state index contributed by atoms with van der Waals surface area (Å²) in [5, 5.41) is 0. The fourth-order valence-electron chi connectivity index (χ4n) is 0.153. The summed E-state index contributed by atoms with van der Waals surface area (Å²) in [5.41, 5.74) is 0. The van der Waals surface area contributed by atoms with Crippen LogP contribution in [0.1, 0.15) is 0 Å². The van der Waals surface area contributed by atoms with Crippen molar-refractivity contribution in [3.05, 3.63) is 6.58 Å². The first-order chi connectivity index (χ1) is 3.62. The Morgan fingerprint density at radius 2 is 2.38 bits per heavy atom. The van der Waals surface area contributed by atoms with Crippen molar-refractivity contribution in [3.8, 4) is 0 Å². The summed E-state index contributed by atoms with van der Waals surface area (Å²) in [4.78, 5) is 4.84. The van der Waals surface area contributed by atoms with Gasteiger partial charge in [0.15, 0.2) is 0 Å². The van der Waals surface area contributed by atoms with Crippen LogP contribution in [0, 0.1) is 0 Å². The molecule has 0 bridgehead atoms. The van der Waals surface area contributed by atoms with E-state index in [1.807, 2.05) is 0 Å². The predicted octanol–water partition coefficient (Wildman–Crippen LogP) is 0.341. The molecule has 0 amide bonds. The quantitative estimate of drug-likeness (QED) is 0.321. The molecule has 0 saturated carbocycles. The topological polar surface area (TPSA) is 35.2 Å². The summed E-state index contributed by atoms with van der Waals surface area (Å²) in [6.07, 6.45) is 0. The van der Waals surface area contributed by atoms with Crippen molar-refractivity contribution < 1.29 is 7.81 Å². The Morgan fingerprint density at radius 3 is 2.50 bits per heavy atom. The molecule has 0 heterocycles. The second kappa shape index (κ2) is 3.32. The van der Waals surface area contributed by atoms with Gasteiger partial charge in [-0.15, -0.1) is 5.84 Å². The second-order valence-electron chi connectivity index (χ2n) is 1.28. The summed E-state index contributed by atoms with van der Waals surface area (Å²) in [5.74, 6) is 5.49. The summed E-state index contributed by atoms with van der Waals surface area (Å²) in [7, 11) is 3.34. The van der Waals surface area contributed by atoms with Gasteiger partial charge in [0.1, 0.15) is 7.05 Å². The second-order valence-corrected chi connectivity index (χ2v) is 4.44. The average molecular weight is 229 g/mol. The van der Waals surface area contributed by atoms with Crippen molar-refractivity contribution >= 4 is 24.7 Å². The minimum Gasteiger partial charge on any atom is -0.178 e. The zero-order valence-electron chi connectivity index (χ0n) is 5.02. The molecule has 3 nitrogen and oxygen atoms in total. The van der Waals surface area contributed by atoms with E-state index < -0.39 is 0 Å². The van der Waals surface area contributed by atoms with E-state index in [0.717, 1.165) is 0 Å². The number of quaternary nitrogens is 1. The average Bonchev–Trinajstić information content (AvgIpc) is 1.67. The highest BCUT2D eigenvalue weighted by Gasteiger charge is 2.10. The van der Waals surface area contributed by atoms with Gasteiger partial charge in [-0.05, 0) is 10.2 Å². The van der Waals surface area contributed by atoms with E-state index in [1.165, 1.54) is 0 Å². The summed E-state index contributed by atoms with van der Waals surface area (Å²) >= 11 is -0.387. The van der Waals surface area contributed by atoms with Crippen LogP contribution in [0.5, 0.6) is 0 Å². The van der Waals surface area contributed by atoms with E-state index in [0.29, 0.717) is 0 Å². The molecule has 0 aromatic rings. The minimum atomic E-state index is -0.387. The predicted molar refractivity (Wildman–Crippen MR) is 42.0 cm³/mol. The normalized spacial score (nSPS) is 16.9. The molecule has 0 radical (unpaired) electrons. The minimum absolute atomic E-state index is 0.0996. The SMILES string of the molecule is C=C=I[N+](C)(N)OC. The number of rotatable bonds is 2. The first-order valence-corrected chi connectivity index (χ1v) is 4.05. The molecule has 0 aliphatic carbocycles. The van der Waals surface area contributed by atoms with Gasteiger partial charge < -0.3 is 0 Å². The van der Waals surface area contributed by atoms with Gasteiger partial charge >= 0.3 is 0 Å². The van der Waals surface area contributed by atoms with Crippen molar-refractivity contribution in [3.63, 3.8) is 0 Å². The lowest BCUT2D eigenvalue weighted by atomic mass is 11.3. The van der Waals surface area contributed by atoms with Crippen LogP contribution in [0.2, 0.25) is 0 Å². The molecule has 0 spiro atoms. The smallest absolute Gasteiger partial charge is 0.178 e. The summed E-state index contributed by atoms with van der Waals surface area (Å²) in [6.45, 7) is 3.44. The van der Waals surface area contributed by atoms with E-state index >= 15 is 0 Å². The molecule has 0 aliphatic heterocycles. The van der Waals surface area contributed by atoms with Crippen molar-refractivity contribution in [1.29, 1.82) is 0 Å². The maximum Gasteiger partial charge on any atom is 0.261 e. The van der Waals surface area contributed by atoms with E-state index in [-0.39, 0.29) is 24.0 Å². The van der Waals surface area contributed by atoms with Crippen molar-refractivity contribution in [2.75, 3.05) is 14.2 Å². The van der Waals surface area contributed by atoms with Crippen LogP contribution in [0.3, 0.4) is 0 Å². The molecule has 8 heavy (non-hydrogen) atoms. The third-order valence-electron chi connectivity index (χ3n) is 0.585. The third kappa shape index (κ3) is 3.29. The molecular weight excluding hydrogens is 219 g/mol. The highest BCUT2D eigenvalue weighted by atomic mass is 127. The van der Waals surface area contributed by atoms with Crippen LogP contribution in [0.15, 0.2) is 6.58 Å². The standard InChI is InChI=1S/C4H10IN2O/c1-4-5-7(2,6)8-3/h1,6H2,2-3H3/q+1. The molecule has 2 N–H and O–H groups in total. The molecule has 0 fully saturated rings. The maximum absolute atomic E-state index is 5.49. The number of hydrogen-bond acceptors (Lipinski definition) is 2. The molecule has 0 aromatic heterocycles. The molecular formula is C4H10IN2O+. The number of halogens is 1. The Balaban J connectivity index is 3.90. The Morgan fingerprint density at radius 1 is 1.88 bits per heavy atom. The van der Waals surface area contributed by atoms with E-state index in [2.05, 4.69) is 10.2 Å². The van der Waals surface area contributed by atoms with Crippen molar-refractivity contribution in [2.24, 2.45) is 5.84 Å². The summed E-state index contributed by atoms with van der Waals surface area (Å²) in [6, 6.07) is 0. The van der Waals surface area contributed by atoms with E-state index in [1.54, 1.807) is 14.2 Å². The first-order valence-electron chi connectivity index (χ1n) is 2.01. The van der Waals surface area contributed by atoms with Crippen LogP contribution in [0.25, 0.3) is 0 Å². The van der Waals surface area contributed by atoms with Crippen LogP contribution in [0.4, 0.5) is 0 Å². The fourth-order valence-corrected chi connectivity index (χ4v) is 1.03. The summed E-state index contributed by atoms with van der Waals surface area (Å²) < 4.78 is 2.84. The zero-order valence-corrected chi connectivity index (χ0v) is 7.18. The van der Waals surface area contributed by atoms with Gasteiger partial charge in [-0.1, -0.05) is 2.97 Å². The molecule has 0 aliphatic rings. The largest absolute Gasteiger partial charge is 0.261 e. The van der Waals surface area contributed by atoms with Crippen molar-refractivity contribution in [1.82, 2.24) is 0 Å². The maximum atomic E-state index is 5.49. The molecule has 4 heteroatoms. The van der Waals surface area contributed by atoms with Gasteiger partial charge in [-0.2, -0.15) is 4.84 Å². The molecule has 0 aromatic carbocycles. The fraction of sp³-hybridized carbons (Fsp3) is 0.500. The number of nitrogens with zero attached hydrogens (tertiary/aromatic N) is 1. The van der Waals surface area contributed by atoms with Crippen LogP contribution in [-0.4, -0.2) is 20.8 Å². The Bertz CT molecular complexity index is 117. The molecule has 1 atom stereocenters. The number of hydrogen-bond donors (Lipinski definition) is 1. The van der Waals surface area contributed by atoms with Crippen LogP contribution >= 0.6 is 21.0 Å². The van der Waals surface area contributed by atoms with Gasteiger partial charge in [-0.3, -0.25) is 0 Å². The number of hydroxylamine groups is 1. The van der Waals surface area contributed by atoms with Gasteiger partial charge in [0, 0.05) is 0 Å². The lowest BCUT2D eigenvalue weighted by Gasteiger charge is -2.13. The highest BCUT2D eigenvalue weighted by Crippen LogP contribution is 2.07. The van der Waals surface area contributed by atoms with Crippen molar-refractivity contribution in [2.45, 2.75) is 0 Å². The molecule has 48 valence electrons. The molecule has 0 rings (SSSR count). The van der Waals surface area contributed by atoms with Gasteiger partial charge in [0.2, 0.25) is 0 Å². The Hall–Kier alpha value is 0.260. The lowest BCUT2D eigenvalue weighted by molar-refractivity contribution is -0.952. The highest BCUT2D eigenvalue weighted by molar-refractivity contribution is 14.1. The van der Waals surface area contributed by atoms with Crippen LogP contribution in [-0.2, 0) is 4.84 Å². The molecule has 0 saturated heterocycles. The zero-order chi connectivity index (χ0) is 6.62. The Labute approximate surface area is 59.3 Å². The monoisotopic (exact) mass is 229 g/mol. The van der Waals surface area contributed by atoms with E-state index in [9.17, 15) is 0 Å². The Kier molecular flexibility index (Phi) is 3.43. The van der Waals surface area contributed by atoms with Gasteiger partial charge in [0.05, 0.1) is 7.11 Å². The third-order valence-corrected chi connectivity index (χ3v) is 2.28. The van der Waals surface area contributed by atoms with Gasteiger partial charge in [0.25, 0.3) is 21.0 Å². The first kappa shape index (κ1) is 8.26. The molecule has 1 unspecified atom stereocenters. The number of nitrogens with two attached hydrogens (primary N) is 1. The lowest BCUT2D eigenvalue weighted by Crippen LogP contribution is -2.39.